The maximum atomic E-state index is 8.85. The van der Waals surface area contributed by atoms with Gasteiger partial charge in [0.2, 0.25) is 22.3 Å². The van der Waals surface area contributed by atoms with Crippen LogP contribution < -0.4 is 9.47 Å². The van der Waals surface area contributed by atoms with Crippen molar-refractivity contribution in [3.8, 4) is 22.6 Å². The Morgan fingerprint density at radius 3 is 1.43 bits per heavy atom. The van der Waals surface area contributed by atoms with E-state index in [2.05, 4.69) is 9.95 Å². The Kier molecular flexibility index (Phi) is 5.28. The fraction of sp³-hybridized carbons (Fsp3) is 0.143. The zero-order chi connectivity index (χ0) is 14.5. The van der Waals surface area contributed by atoms with E-state index in [1.165, 1.54) is 14.2 Å². The van der Waals surface area contributed by atoms with Gasteiger partial charge in [0.1, 0.15) is 0 Å². The summed E-state index contributed by atoms with van der Waals surface area (Å²) in [5, 5.41) is 17.7. The lowest BCUT2D eigenvalue weighted by molar-refractivity contribution is 0.416. The van der Waals surface area contributed by atoms with Crippen molar-refractivity contribution < 1.29 is 9.47 Å². The van der Waals surface area contributed by atoms with Crippen molar-refractivity contribution in [2.75, 3.05) is 14.2 Å². The first kappa shape index (κ1) is 16.0. The van der Waals surface area contributed by atoms with Gasteiger partial charge in [0, 0.05) is 12.1 Å². The first-order chi connectivity index (χ1) is 9.73. The van der Waals surface area contributed by atoms with Gasteiger partial charge in [0.15, 0.2) is 9.95 Å². The molecule has 0 saturated heterocycles. The largest absolute Gasteiger partial charge is 0.489 e. The fourth-order valence-corrected chi connectivity index (χ4v) is 1.88. The van der Waals surface area contributed by atoms with E-state index in [1.807, 2.05) is 0 Å². The number of methoxy groups -OCH3 is 2. The molecule has 0 saturated carbocycles. The normalized spacial score (nSPS) is 8.95. The van der Waals surface area contributed by atoms with Crippen molar-refractivity contribution >= 4 is 19.8 Å². The van der Waals surface area contributed by atoms with Crippen LogP contribution in [0.1, 0.15) is 0 Å². The smallest absolute Gasteiger partial charge is 0.426 e. The summed E-state index contributed by atoms with van der Waals surface area (Å²) in [5.41, 5.74) is 2.42. The average Bonchev–Trinajstić information content (AvgIpc) is 2.53. The third-order valence-electron chi connectivity index (χ3n) is 2.91. The molecule has 0 atom stereocenters. The highest BCUT2D eigenvalue weighted by Crippen LogP contribution is 2.36. The number of hydrogen-bond donors (Lipinski definition) is 0. The van der Waals surface area contributed by atoms with E-state index in [9.17, 15) is 0 Å². The van der Waals surface area contributed by atoms with Gasteiger partial charge in [-0.25, -0.2) is 0 Å². The second-order valence-corrected chi connectivity index (χ2v) is 3.97. The van der Waals surface area contributed by atoms with Crippen molar-refractivity contribution in [2.45, 2.75) is 0 Å². The molecule has 2 rings (SSSR count). The van der Waals surface area contributed by atoms with Crippen molar-refractivity contribution in [3.05, 3.63) is 46.4 Å². The number of ether oxygens (including phenoxy) is 2. The van der Waals surface area contributed by atoms with Gasteiger partial charge in [-0.3, -0.25) is 0 Å². The van der Waals surface area contributed by atoms with Gasteiger partial charge in [-0.1, -0.05) is 0 Å². The molecule has 0 unspecified atom stereocenters. The molecule has 0 spiro atoms. The molecule has 0 aliphatic heterocycles. The third kappa shape index (κ3) is 3.10. The van der Waals surface area contributed by atoms with E-state index in [4.69, 9.17) is 20.3 Å². The number of diazo groups is 2. The van der Waals surface area contributed by atoms with Crippen LogP contribution in [0.3, 0.4) is 0 Å². The number of rotatable bonds is 3. The van der Waals surface area contributed by atoms with E-state index in [0.717, 1.165) is 11.1 Å². The molecule has 0 heterocycles. The molecule has 0 bridgehead atoms. The predicted molar refractivity (Wildman–Crippen MR) is 84.4 cm³/mol. The van der Waals surface area contributed by atoms with Gasteiger partial charge in [-0.15, -0.1) is 0 Å². The summed E-state index contributed by atoms with van der Waals surface area (Å²) in [5.74, 6) is 0.916. The lowest BCUT2D eigenvalue weighted by Crippen LogP contribution is -1.87. The van der Waals surface area contributed by atoms with Crippen LogP contribution in [0.4, 0.5) is 11.4 Å². The summed E-state index contributed by atoms with van der Waals surface area (Å²) in [6.07, 6.45) is 0. The monoisotopic (exact) mass is 282 g/mol. The Bertz CT molecular complexity index is 671. The molecule has 0 aromatic heterocycles. The Balaban J connectivity index is 0.00000220. The van der Waals surface area contributed by atoms with Crippen LogP contribution in [0.25, 0.3) is 21.1 Å². The van der Waals surface area contributed by atoms with Crippen LogP contribution in [-0.2, 0) is 0 Å². The van der Waals surface area contributed by atoms with Gasteiger partial charge < -0.3 is 9.47 Å². The maximum Gasteiger partial charge on any atom is 0.426 e. The Hall–Kier alpha value is -3.06. The average molecular weight is 282 g/mol. The first-order valence-corrected chi connectivity index (χ1v) is 5.80. The summed E-state index contributed by atoms with van der Waals surface area (Å²) in [6, 6.07) is 10.4. The highest BCUT2D eigenvalue weighted by Gasteiger charge is 2.18. The molecule has 6 nitrogen and oxygen atoms in total. The van der Waals surface area contributed by atoms with Gasteiger partial charge in [0.25, 0.3) is 0 Å². The summed E-state index contributed by atoms with van der Waals surface area (Å²) in [4.78, 5) is 6.28. The maximum absolute atomic E-state index is 8.85. The molecule has 0 amide bonds. The van der Waals surface area contributed by atoms with E-state index in [-0.39, 0.29) is 8.41 Å². The number of nitrogens with zero attached hydrogens (tertiary/aromatic N) is 4. The Morgan fingerprint density at radius 2 is 1.14 bits per heavy atom. The standard InChI is InChI=1S/C14H12N4O2.BH3/c1-19-13-7-9(3-5-11(13)17-15)10-4-6-12(18-16)14(8-10)20-2;/h3-8H,1-2H3;1H3/q+2;. The van der Waals surface area contributed by atoms with Crippen LogP contribution >= 0.6 is 0 Å². The minimum absolute atomic E-state index is 0. The minimum Gasteiger partial charge on any atom is -0.489 e. The van der Waals surface area contributed by atoms with E-state index in [0.29, 0.717) is 22.9 Å². The highest BCUT2D eigenvalue weighted by atomic mass is 16.5. The molecule has 0 aliphatic rings. The summed E-state index contributed by atoms with van der Waals surface area (Å²) in [6.45, 7) is 0. The van der Waals surface area contributed by atoms with E-state index in [1.54, 1.807) is 36.4 Å². The van der Waals surface area contributed by atoms with Gasteiger partial charge in [0.05, 0.1) is 22.6 Å². The van der Waals surface area contributed by atoms with Crippen LogP contribution in [0.2, 0.25) is 0 Å². The molecule has 2 aromatic carbocycles. The van der Waals surface area contributed by atoms with E-state index >= 15 is 0 Å². The fourth-order valence-electron chi connectivity index (χ4n) is 1.88. The summed E-state index contributed by atoms with van der Waals surface area (Å²) >= 11 is 0. The van der Waals surface area contributed by atoms with Crippen LogP contribution in [0.5, 0.6) is 11.5 Å². The molecule has 21 heavy (non-hydrogen) atoms. The second kappa shape index (κ2) is 6.92. The summed E-state index contributed by atoms with van der Waals surface area (Å²) < 4.78 is 10.3. The van der Waals surface area contributed by atoms with Crippen molar-refractivity contribution in [2.24, 2.45) is 0 Å². The molecule has 0 fully saturated rings. The molecular weight excluding hydrogens is 267 g/mol. The van der Waals surface area contributed by atoms with Crippen LogP contribution in [0, 0.1) is 10.8 Å². The molecule has 104 valence electrons. The zero-order valence-corrected chi connectivity index (χ0v) is 11.1. The molecule has 7 heteroatoms. The SMILES string of the molecule is B.COc1cc(-c2ccc([N+]#N)c(OC)c2)ccc1[N+]#N. The van der Waals surface area contributed by atoms with Crippen molar-refractivity contribution in [3.63, 3.8) is 0 Å². The van der Waals surface area contributed by atoms with Crippen LogP contribution in [-0.4, -0.2) is 22.6 Å². The molecule has 0 N–H and O–H groups in total. The first-order valence-electron chi connectivity index (χ1n) is 5.80. The summed E-state index contributed by atoms with van der Waals surface area (Å²) in [7, 11) is 3.00. The van der Waals surface area contributed by atoms with Gasteiger partial charge >= 0.3 is 11.4 Å². The molecule has 2 aromatic rings. The Labute approximate surface area is 124 Å². The molecule has 0 radical (unpaired) electrons. The van der Waals surface area contributed by atoms with Gasteiger partial charge in [-0.05, 0) is 35.4 Å². The lowest BCUT2D eigenvalue weighted by atomic mass is 10.0. The van der Waals surface area contributed by atoms with Crippen molar-refractivity contribution in [1.82, 2.24) is 0 Å². The topological polar surface area (TPSA) is 74.8 Å². The van der Waals surface area contributed by atoms with Crippen LogP contribution in [0.15, 0.2) is 36.4 Å². The second-order valence-electron chi connectivity index (χ2n) is 3.97. The van der Waals surface area contributed by atoms with Crippen molar-refractivity contribution in [1.29, 1.82) is 10.8 Å². The number of benzene rings is 2. The Morgan fingerprint density at radius 1 is 0.762 bits per heavy atom. The quantitative estimate of drug-likeness (QED) is 0.640. The third-order valence-corrected chi connectivity index (χ3v) is 2.91. The van der Waals surface area contributed by atoms with E-state index < -0.39 is 0 Å². The molecule has 0 aliphatic carbocycles. The predicted octanol–water partition coefficient (Wildman–Crippen LogP) is 3.16. The zero-order valence-electron chi connectivity index (χ0n) is 11.1. The van der Waals surface area contributed by atoms with Gasteiger partial charge in [-0.2, -0.15) is 0 Å². The highest BCUT2D eigenvalue weighted by molar-refractivity contribution is 5.76. The lowest BCUT2D eigenvalue weighted by Gasteiger charge is -2.04. The number of hydrogen-bond acceptors (Lipinski definition) is 4. The molecular formula is C14H15BN4O2+2. The minimum atomic E-state index is 0.